The summed E-state index contributed by atoms with van der Waals surface area (Å²) in [4.78, 5) is 10.3. The molecule has 0 fully saturated rings. The van der Waals surface area contributed by atoms with Crippen LogP contribution in [0.25, 0.3) is 6.08 Å². The number of carboxylic acids is 1. The van der Waals surface area contributed by atoms with Gasteiger partial charge >= 0.3 is 5.97 Å². The van der Waals surface area contributed by atoms with Crippen LogP contribution in [0.15, 0.2) is 34.8 Å². The van der Waals surface area contributed by atoms with E-state index in [0.717, 1.165) is 11.6 Å². The number of carboxylic acid groups (broad SMARTS) is 1. The SMILES string of the molecule is O=C(O)/C=C/c1nnc(Cc2cccc(Cl)c2)o1. The molecule has 1 N–H and O–H groups in total. The van der Waals surface area contributed by atoms with Crippen LogP contribution in [0.4, 0.5) is 0 Å². The topological polar surface area (TPSA) is 76.2 Å². The Labute approximate surface area is 108 Å². The Bertz CT molecular complexity index is 593. The van der Waals surface area contributed by atoms with E-state index in [2.05, 4.69) is 10.2 Å². The van der Waals surface area contributed by atoms with Gasteiger partial charge in [-0.25, -0.2) is 4.79 Å². The van der Waals surface area contributed by atoms with Gasteiger partial charge in [-0.1, -0.05) is 23.7 Å². The molecule has 0 aliphatic rings. The first-order valence-corrected chi connectivity index (χ1v) is 5.49. The van der Waals surface area contributed by atoms with Crippen LogP contribution in [0.1, 0.15) is 17.3 Å². The summed E-state index contributed by atoms with van der Waals surface area (Å²) in [6, 6.07) is 7.31. The van der Waals surface area contributed by atoms with E-state index in [1.165, 1.54) is 6.08 Å². The third-order valence-electron chi connectivity index (χ3n) is 2.10. The quantitative estimate of drug-likeness (QED) is 0.858. The molecule has 0 amide bonds. The van der Waals surface area contributed by atoms with Crippen LogP contribution in [0.3, 0.4) is 0 Å². The fourth-order valence-electron chi connectivity index (χ4n) is 1.37. The Morgan fingerprint density at radius 3 is 3.00 bits per heavy atom. The van der Waals surface area contributed by atoms with Gasteiger partial charge in [0, 0.05) is 17.2 Å². The Morgan fingerprint density at radius 2 is 2.28 bits per heavy atom. The number of aliphatic carboxylic acids is 1. The predicted octanol–water partition coefficient (Wildman–Crippen LogP) is 2.41. The zero-order valence-electron chi connectivity index (χ0n) is 9.21. The average molecular weight is 265 g/mol. The van der Waals surface area contributed by atoms with Gasteiger partial charge in [-0.2, -0.15) is 0 Å². The van der Waals surface area contributed by atoms with Crippen molar-refractivity contribution in [2.45, 2.75) is 6.42 Å². The minimum Gasteiger partial charge on any atom is -0.478 e. The first-order valence-electron chi connectivity index (χ1n) is 5.11. The molecular formula is C12H9ClN2O3. The fraction of sp³-hybridized carbons (Fsp3) is 0.0833. The van der Waals surface area contributed by atoms with Crippen LogP contribution in [0, 0.1) is 0 Å². The minimum absolute atomic E-state index is 0.162. The molecular weight excluding hydrogens is 256 g/mol. The summed E-state index contributed by atoms with van der Waals surface area (Å²) in [7, 11) is 0. The summed E-state index contributed by atoms with van der Waals surface area (Å²) in [5.74, 6) is -0.499. The van der Waals surface area contributed by atoms with E-state index in [0.29, 0.717) is 17.3 Å². The monoisotopic (exact) mass is 264 g/mol. The number of hydrogen-bond acceptors (Lipinski definition) is 4. The third kappa shape index (κ3) is 3.43. The number of aromatic nitrogens is 2. The molecule has 0 saturated heterocycles. The largest absolute Gasteiger partial charge is 0.478 e. The van der Waals surface area contributed by atoms with Gasteiger partial charge in [0.15, 0.2) is 0 Å². The maximum atomic E-state index is 10.3. The first kappa shape index (κ1) is 12.3. The Kier molecular flexibility index (Phi) is 3.74. The third-order valence-corrected chi connectivity index (χ3v) is 2.33. The molecule has 18 heavy (non-hydrogen) atoms. The molecule has 2 aromatic rings. The molecule has 1 aromatic heterocycles. The Hall–Kier alpha value is -2.14. The molecule has 0 spiro atoms. The maximum absolute atomic E-state index is 10.3. The van der Waals surface area contributed by atoms with Gasteiger partial charge in [0.25, 0.3) is 0 Å². The van der Waals surface area contributed by atoms with Crippen molar-refractivity contribution in [2.24, 2.45) is 0 Å². The molecule has 0 radical (unpaired) electrons. The molecule has 0 aliphatic carbocycles. The van der Waals surface area contributed by atoms with Gasteiger partial charge in [-0.15, -0.1) is 10.2 Å². The zero-order chi connectivity index (χ0) is 13.0. The van der Waals surface area contributed by atoms with E-state index in [4.69, 9.17) is 21.1 Å². The van der Waals surface area contributed by atoms with E-state index in [1.807, 2.05) is 12.1 Å². The van der Waals surface area contributed by atoms with Gasteiger partial charge in [0.1, 0.15) is 0 Å². The summed E-state index contributed by atoms with van der Waals surface area (Å²) in [5.41, 5.74) is 0.944. The van der Waals surface area contributed by atoms with E-state index in [-0.39, 0.29) is 5.89 Å². The van der Waals surface area contributed by atoms with E-state index in [9.17, 15) is 4.79 Å². The molecule has 1 aromatic carbocycles. The second kappa shape index (κ2) is 5.46. The Morgan fingerprint density at radius 1 is 1.44 bits per heavy atom. The highest BCUT2D eigenvalue weighted by atomic mass is 35.5. The van der Waals surface area contributed by atoms with Crippen molar-refractivity contribution in [3.63, 3.8) is 0 Å². The summed E-state index contributed by atoms with van der Waals surface area (Å²) in [6.07, 6.45) is 2.64. The van der Waals surface area contributed by atoms with Gasteiger partial charge in [0.2, 0.25) is 11.8 Å². The van der Waals surface area contributed by atoms with Crippen molar-refractivity contribution >= 4 is 23.6 Å². The normalized spacial score (nSPS) is 10.9. The van der Waals surface area contributed by atoms with Gasteiger partial charge < -0.3 is 9.52 Å². The molecule has 5 nitrogen and oxygen atoms in total. The lowest BCUT2D eigenvalue weighted by Gasteiger charge is -1.96. The molecule has 0 aliphatic heterocycles. The van der Waals surface area contributed by atoms with Crippen molar-refractivity contribution < 1.29 is 14.3 Å². The molecule has 2 rings (SSSR count). The van der Waals surface area contributed by atoms with Crippen LogP contribution in [0.2, 0.25) is 5.02 Å². The van der Waals surface area contributed by atoms with Crippen LogP contribution in [0.5, 0.6) is 0 Å². The number of rotatable bonds is 4. The van der Waals surface area contributed by atoms with Gasteiger partial charge in [-0.3, -0.25) is 0 Å². The molecule has 0 unspecified atom stereocenters. The molecule has 0 atom stereocenters. The smallest absolute Gasteiger partial charge is 0.328 e. The number of benzene rings is 1. The molecule has 0 bridgehead atoms. The fourth-order valence-corrected chi connectivity index (χ4v) is 1.58. The predicted molar refractivity (Wildman–Crippen MR) is 65.2 cm³/mol. The van der Waals surface area contributed by atoms with Crippen LogP contribution in [-0.4, -0.2) is 21.3 Å². The van der Waals surface area contributed by atoms with Gasteiger partial charge in [-0.05, 0) is 17.7 Å². The first-order chi connectivity index (χ1) is 8.63. The van der Waals surface area contributed by atoms with E-state index >= 15 is 0 Å². The lowest BCUT2D eigenvalue weighted by atomic mass is 10.1. The van der Waals surface area contributed by atoms with Crippen molar-refractivity contribution in [3.8, 4) is 0 Å². The Balaban J connectivity index is 2.09. The van der Waals surface area contributed by atoms with Crippen LogP contribution in [-0.2, 0) is 11.2 Å². The standard InChI is InChI=1S/C12H9ClN2O3/c13-9-3-1-2-8(6-9)7-11-15-14-10(18-11)4-5-12(16)17/h1-6H,7H2,(H,16,17)/b5-4+. The highest BCUT2D eigenvalue weighted by Crippen LogP contribution is 2.14. The molecule has 6 heteroatoms. The summed E-state index contributed by atoms with van der Waals surface area (Å²) < 4.78 is 5.26. The van der Waals surface area contributed by atoms with Crippen molar-refractivity contribution in [3.05, 3.63) is 52.7 Å². The number of carbonyl (C=O) groups is 1. The number of nitrogens with zero attached hydrogens (tertiary/aromatic N) is 2. The second-order valence-corrected chi connectivity index (χ2v) is 3.95. The lowest BCUT2D eigenvalue weighted by molar-refractivity contribution is -0.131. The van der Waals surface area contributed by atoms with Crippen molar-refractivity contribution in [1.82, 2.24) is 10.2 Å². The second-order valence-electron chi connectivity index (χ2n) is 3.51. The number of hydrogen-bond donors (Lipinski definition) is 1. The lowest BCUT2D eigenvalue weighted by Crippen LogP contribution is -1.87. The zero-order valence-corrected chi connectivity index (χ0v) is 9.96. The molecule has 0 saturated carbocycles. The van der Waals surface area contributed by atoms with E-state index in [1.54, 1.807) is 12.1 Å². The minimum atomic E-state index is -1.07. The average Bonchev–Trinajstić information content (AvgIpc) is 2.74. The summed E-state index contributed by atoms with van der Waals surface area (Å²) in [5, 5.41) is 16.6. The van der Waals surface area contributed by atoms with Crippen molar-refractivity contribution in [1.29, 1.82) is 0 Å². The maximum Gasteiger partial charge on any atom is 0.328 e. The summed E-state index contributed by atoms with van der Waals surface area (Å²) >= 11 is 5.86. The van der Waals surface area contributed by atoms with Crippen LogP contribution < -0.4 is 0 Å². The molecule has 92 valence electrons. The molecule has 1 heterocycles. The van der Waals surface area contributed by atoms with Crippen molar-refractivity contribution in [2.75, 3.05) is 0 Å². The van der Waals surface area contributed by atoms with Gasteiger partial charge in [0.05, 0.1) is 6.42 Å². The number of halogens is 1. The van der Waals surface area contributed by atoms with Crippen LogP contribution >= 0.6 is 11.6 Å². The van der Waals surface area contributed by atoms with E-state index < -0.39 is 5.97 Å². The summed E-state index contributed by atoms with van der Waals surface area (Å²) in [6.45, 7) is 0. The highest BCUT2D eigenvalue weighted by molar-refractivity contribution is 6.30. The highest BCUT2D eigenvalue weighted by Gasteiger charge is 2.05.